The molecule has 19 heavy (non-hydrogen) atoms. The van der Waals surface area contributed by atoms with E-state index >= 15 is 0 Å². The van der Waals surface area contributed by atoms with Gasteiger partial charge < -0.3 is 9.47 Å². The van der Waals surface area contributed by atoms with E-state index in [1.54, 1.807) is 0 Å². The van der Waals surface area contributed by atoms with Crippen LogP contribution < -0.4 is 4.74 Å². The van der Waals surface area contributed by atoms with E-state index in [1.807, 2.05) is 0 Å². The zero-order chi connectivity index (χ0) is 13.1. The molecule has 0 N–H and O–H groups in total. The van der Waals surface area contributed by atoms with Gasteiger partial charge in [-0.05, 0) is 29.7 Å². The van der Waals surface area contributed by atoms with E-state index in [-0.39, 0.29) is 0 Å². The molecule has 1 heterocycles. The fourth-order valence-corrected chi connectivity index (χ4v) is 2.41. The Morgan fingerprint density at radius 3 is 2.84 bits per heavy atom. The van der Waals surface area contributed by atoms with Gasteiger partial charge >= 0.3 is 0 Å². The highest BCUT2D eigenvalue weighted by molar-refractivity contribution is 5.87. The zero-order valence-corrected chi connectivity index (χ0v) is 11.4. The number of benzene rings is 2. The molecule has 2 nitrogen and oxygen atoms in total. The third kappa shape index (κ3) is 2.90. The monoisotopic (exact) mass is 256 g/mol. The standard InChI is InChI=1S/C17H20O2/c1-2-3-7-16-15-8-5-4-6-13(15)9-10-17(16)19-12-14-11-18-14/h4-6,8-10,14H,2-3,7,11-12H2,1H3. The van der Waals surface area contributed by atoms with Crippen LogP contribution in [0.5, 0.6) is 5.75 Å². The smallest absolute Gasteiger partial charge is 0.123 e. The SMILES string of the molecule is CCCCc1c(OCC2CO2)ccc2ccccc12. The van der Waals surface area contributed by atoms with Crippen molar-refractivity contribution in [1.82, 2.24) is 0 Å². The molecule has 0 spiro atoms. The van der Waals surface area contributed by atoms with E-state index in [2.05, 4.69) is 43.3 Å². The van der Waals surface area contributed by atoms with Crippen molar-refractivity contribution in [3.63, 3.8) is 0 Å². The summed E-state index contributed by atoms with van der Waals surface area (Å²) in [7, 11) is 0. The van der Waals surface area contributed by atoms with Crippen molar-refractivity contribution in [3.8, 4) is 5.75 Å². The highest BCUT2D eigenvalue weighted by atomic mass is 16.6. The van der Waals surface area contributed by atoms with E-state index in [1.165, 1.54) is 29.2 Å². The van der Waals surface area contributed by atoms with E-state index < -0.39 is 0 Å². The Kier molecular flexibility index (Phi) is 3.69. The first-order valence-corrected chi connectivity index (χ1v) is 7.13. The van der Waals surface area contributed by atoms with E-state index in [9.17, 15) is 0 Å². The third-order valence-corrected chi connectivity index (χ3v) is 3.61. The third-order valence-electron chi connectivity index (χ3n) is 3.61. The number of unbranched alkanes of at least 4 members (excludes halogenated alkanes) is 1. The number of hydrogen-bond donors (Lipinski definition) is 0. The summed E-state index contributed by atoms with van der Waals surface area (Å²) in [6.07, 6.45) is 3.79. The summed E-state index contributed by atoms with van der Waals surface area (Å²) < 4.78 is 11.2. The Bertz CT molecular complexity index is 558. The number of ether oxygens (including phenoxy) is 2. The van der Waals surface area contributed by atoms with Crippen molar-refractivity contribution >= 4 is 10.8 Å². The van der Waals surface area contributed by atoms with Crippen molar-refractivity contribution in [2.75, 3.05) is 13.2 Å². The second-order valence-electron chi connectivity index (χ2n) is 5.13. The van der Waals surface area contributed by atoms with Gasteiger partial charge in [0.2, 0.25) is 0 Å². The van der Waals surface area contributed by atoms with Crippen LogP contribution in [0.15, 0.2) is 36.4 Å². The zero-order valence-electron chi connectivity index (χ0n) is 11.4. The molecule has 1 atom stereocenters. The van der Waals surface area contributed by atoms with Crippen LogP contribution in [0.3, 0.4) is 0 Å². The largest absolute Gasteiger partial charge is 0.490 e. The fraction of sp³-hybridized carbons (Fsp3) is 0.412. The first-order chi connectivity index (χ1) is 9.38. The molecule has 1 aliphatic heterocycles. The summed E-state index contributed by atoms with van der Waals surface area (Å²) >= 11 is 0. The van der Waals surface area contributed by atoms with Crippen LogP contribution in [-0.4, -0.2) is 19.3 Å². The molecule has 1 fully saturated rings. The van der Waals surface area contributed by atoms with Crippen LogP contribution in [0.2, 0.25) is 0 Å². The van der Waals surface area contributed by atoms with Gasteiger partial charge in [0.15, 0.2) is 0 Å². The number of aryl methyl sites for hydroxylation is 1. The molecule has 100 valence electrons. The molecule has 3 rings (SSSR count). The second kappa shape index (κ2) is 5.62. The predicted octanol–water partition coefficient (Wildman–Crippen LogP) is 3.96. The Labute approximate surface area is 114 Å². The van der Waals surface area contributed by atoms with Gasteiger partial charge in [-0.1, -0.05) is 43.7 Å². The van der Waals surface area contributed by atoms with Crippen LogP contribution >= 0.6 is 0 Å². The molecular weight excluding hydrogens is 236 g/mol. The second-order valence-corrected chi connectivity index (χ2v) is 5.13. The summed E-state index contributed by atoms with van der Waals surface area (Å²) in [5, 5.41) is 2.62. The van der Waals surface area contributed by atoms with Crippen molar-refractivity contribution in [2.24, 2.45) is 0 Å². The van der Waals surface area contributed by atoms with E-state index in [0.717, 1.165) is 18.8 Å². The Balaban J connectivity index is 1.93. The molecule has 0 aliphatic carbocycles. The van der Waals surface area contributed by atoms with Crippen LogP contribution in [0.4, 0.5) is 0 Å². The Hall–Kier alpha value is -1.54. The van der Waals surface area contributed by atoms with Gasteiger partial charge in [-0.25, -0.2) is 0 Å². The fourth-order valence-electron chi connectivity index (χ4n) is 2.41. The number of fused-ring (bicyclic) bond motifs is 1. The summed E-state index contributed by atoms with van der Waals surface area (Å²) in [4.78, 5) is 0. The van der Waals surface area contributed by atoms with Gasteiger partial charge in [-0.15, -0.1) is 0 Å². The number of rotatable bonds is 6. The Morgan fingerprint density at radius 2 is 2.05 bits per heavy atom. The molecule has 0 aromatic heterocycles. The van der Waals surface area contributed by atoms with Gasteiger partial charge in [-0.2, -0.15) is 0 Å². The average Bonchev–Trinajstić information content (AvgIpc) is 3.27. The number of epoxide rings is 1. The van der Waals surface area contributed by atoms with Crippen LogP contribution in [0.1, 0.15) is 25.3 Å². The molecule has 2 aromatic rings. The molecule has 1 aliphatic rings. The van der Waals surface area contributed by atoms with E-state index in [0.29, 0.717) is 12.7 Å². The molecule has 0 saturated carbocycles. The van der Waals surface area contributed by atoms with Gasteiger partial charge in [0.25, 0.3) is 0 Å². The molecule has 0 bridgehead atoms. The molecular formula is C17H20O2. The minimum absolute atomic E-state index is 0.311. The van der Waals surface area contributed by atoms with Crippen molar-refractivity contribution in [1.29, 1.82) is 0 Å². The van der Waals surface area contributed by atoms with Gasteiger partial charge in [0.1, 0.15) is 18.5 Å². The van der Waals surface area contributed by atoms with Crippen molar-refractivity contribution in [3.05, 3.63) is 42.0 Å². The minimum atomic E-state index is 0.311. The maximum Gasteiger partial charge on any atom is 0.123 e. The number of hydrogen-bond acceptors (Lipinski definition) is 2. The van der Waals surface area contributed by atoms with Crippen LogP contribution in [-0.2, 0) is 11.2 Å². The molecule has 2 aromatic carbocycles. The molecule has 1 unspecified atom stereocenters. The highest BCUT2D eigenvalue weighted by Gasteiger charge is 2.23. The quantitative estimate of drug-likeness (QED) is 0.730. The summed E-state index contributed by atoms with van der Waals surface area (Å²) in [6, 6.07) is 12.8. The molecule has 0 radical (unpaired) electrons. The normalized spacial score (nSPS) is 17.6. The predicted molar refractivity (Wildman–Crippen MR) is 77.8 cm³/mol. The maximum absolute atomic E-state index is 5.94. The highest BCUT2D eigenvalue weighted by Crippen LogP contribution is 2.30. The molecule has 2 heteroatoms. The summed E-state index contributed by atoms with van der Waals surface area (Å²) in [5.74, 6) is 1.03. The van der Waals surface area contributed by atoms with Crippen molar-refractivity contribution in [2.45, 2.75) is 32.3 Å². The van der Waals surface area contributed by atoms with Gasteiger partial charge in [-0.3, -0.25) is 0 Å². The Morgan fingerprint density at radius 1 is 1.21 bits per heavy atom. The lowest BCUT2D eigenvalue weighted by Crippen LogP contribution is -2.06. The lowest BCUT2D eigenvalue weighted by Gasteiger charge is -2.13. The summed E-state index contributed by atoms with van der Waals surface area (Å²) in [5.41, 5.74) is 1.35. The van der Waals surface area contributed by atoms with Crippen LogP contribution in [0, 0.1) is 0 Å². The van der Waals surface area contributed by atoms with Gasteiger partial charge in [0.05, 0.1) is 6.61 Å². The minimum Gasteiger partial charge on any atom is -0.490 e. The van der Waals surface area contributed by atoms with Crippen LogP contribution in [0.25, 0.3) is 10.8 Å². The van der Waals surface area contributed by atoms with Gasteiger partial charge in [0, 0.05) is 5.56 Å². The lowest BCUT2D eigenvalue weighted by molar-refractivity contribution is 0.261. The molecule has 0 amide bonds. The average molecular weight is 256 g/mol. The first kappa shape index (κ1) is 12.5. The van der Waals surface area contributed by atoms with Crippen molar-refractivity contribution < 1.29 is 9.47 Å². The maximum atomic E-state index is 5.94. The molecule has 1 saturated heterocycles. The topological polar surface area (TPSA) is 21.8 Å². The summed E-state index contributed by atoms with van der Waals surface area (Å²) in [6.45, 7) is 3.75. The lowest BCUT2D eigenvalue weighted by atomic mass is 9.99. The van der Waals surface area contributed by atoms with E-state index in [4.69, 9.17) is 9.47 Å². The first-order valence-electron chi connectivity index (χ1n) is 7.13.